The van der Waals surface area contributed by atoms with Crippen molar-refractivity contribution in [3.05, 3.63) is 50.4 Å². The zero-order valence-corrected chi connectivity index (χ0v) is 17.2. The molecule has 30 heavy (non-hydrogen) atoms. The van der Waals surface area contributed by atoms with Crippen LogP contribution in [-0.4, -0.2) is 54.7 Å². The van der Waals surface area contributed by atoms with Crippen molar-refractivity contribution in [1.29, 1.82) is 0 Å². The molecule has 4 unspecified atom stereocenters. The molecule has 0 heterocycles. The van der Waals surface area contributed by atoms with Crippen molar-refractivity contribution in [1.82, 2.24) is 0 Å². The second-order valence-corrected chi connectivity index (χ2v) is 8.70. The number of phenols is 1. The third kappa shape index (κ3) is 2.32. The molecule has 3 aliphatic rings. The maximum absolute atomic E-state index is 13.2. The Hall–Kier alpha value is -2.69. The monoisotopic (exact) mass is 479 g/mol. The highest BCUT2D eigenvalue weighted by Crippen LogP contribution is 2.55. The fraction of sp³-hybridized carbons (Fsp3) is 0.350. The molecule has 0 aromatic heterocycles. The summed E-state index contributed by atoms with van der Waals surface area (Å²) in [6.07, 6.45) is -2.05. The molecule has 0 fully saturated rings. The number of fused-ring (bicyclic) bond motifs is 3. The number of halogens is 1. The summed E-state index contributed by atoms with van der Waals surface area (Å²) in [5, 5.41) is 53.6. The van der Waals surface area contributed by atoms with Crippen LogP contribution in [0.1, 0.15) is 35.2 Å². The summed E-state index contributed by atoms with van der Waals surface area (Å²) in [5.74, 6) is -8.72. The highest BCUT2D eigenvalue weighted by Gasteiger charge is 2.64. The molecule has 0 bridgehead atoms. The van der Waals surface area contributed by atoms with E-state index in [1.807, 2.05) is 0 Å². The van der Waals surface area contributed by atoms with Crippen LogP contribution in [0.25, 0.3) is 0 Å². The van der Waals surface area contributed by atoms with E-state index in [0.717, 1.165) is 0 Å². The number of allylic oxidation sites excluding steroid dienone is 1. The van der Waals surface area contributed by atoms with Gasteiger partial charge in [0, 0.05) is 28.3 Å². The molecule has 0 aliphatic heterocycles. The van der Waals surface area contributed by atoms with Gasteiger partial charge in [-0.3, -0.25) is 14.4 Å². The van der Waals surface area contributed by atoms with Crippen LogP contribution in [0, 0.1) is 11.8 Å². The van der Waals surface area contributed by atoms with Gasteiger partial charge in [0.25, 0.3) is 5.91 Å². The zero-order valence-electron chi connectivity index (χ0n) is 15.6. The van der Waals surface area contributed by atoms with Crippen LogP contribution >= 0.6 is 15.9 Å². The summed E-state index contributed by atoms with van der Waals surface area (Å²) >= 11 is 3.33. The summed E-state index contributed by atoms with van der Waals surface area (Å²) in [5.41, 5.74) is 1.28. The van der Waals surface area contributed by atoms with E-state index in [2.05, 4.69) is 15.9 Å². The first kappa shape index (κ1) is 20.6. The van der Waals surface area contributed by atoms with E-state index in [-0.39, 0.29) is 11.3 Å². The number of carbonyl (C=O) groups excluding carboxylic acids is 3. The molecule has 0 radical (unpaired) electrons. The number of amides is 1. The number of benzene rings is 1. The highest BCUT2D eigenvalue weighted by molar-refractivity contribution is 9.10. The van der Waals surface area contributed by atoms with Crippen molar-refractivity contribution in [3.8, 4) is 5.75 Å². The molecular weight excluding hydrogens is 462 g/mol. The van der Waals surface area contributed by atoms with Crippen molar-refractivity contribution >= 4 is 33.4 Å². The van der Waals surface area contributed by atoms with Crippen LogP contribution in [0.4, 0.5) is 0 Å². The largest absolute Gasteiger partial charge is 0.511 e. The number of carbonyl (C=O) groups is 3. The standard InChI is InChI=1S/C20H18BrNO8/c1-5-10-7(21)2-3-8(23)12(10)16(26)14-11(5)15(25)6-4-9(24)13(19(22)29)17(27)20(6,30)18(14)28/h2-3,5-6,11,15,23-25,28,30H,4H2,1H3,(H2,22,29)/t5?,6?,11?,15?,20-/m1/s1. The minimum absolute atomic E-state index is 0.124. The summed E-state index contributed by atoms with van der Waals surface area (Å²) in [6, 6.07) is 2.82. The van der Waals surface area contributed by atoms with Gasteiger partial charge in [0.2, 0.25) is 5.78 Å². The van der Waals surface area contributed by atoms with Gasteiger partial charge in [0.05, 0.1) is 11.7 Å². The summed E-state index contributed by atoms with van der Waals surface area (Å²) < 4.78 is 0.501. The van der Waals surface area contributed by atoms with Gasteiger partial charge in [-0.25, -0.2) is 0 Å². The van der Waals surface area contributed by atoms with Gasteiger partial charge in [-0.05, 0) is 23.6 Å². The topological polar surface area (TPSA) is 178 Å². The van der Waals surface area contributed by atoms with E-state index in [9.17, 15) is 39.9 Å². The van der Waals surface area contributed by atoms with E-state index in [1.54, 1.807) is 6.92 Å². The van der Waals surface area contributed by atoms with Crippen LogP contribution in [0.15, 0.2) is 39.3 Å². The molecule has 1 aromatic carbocycles. The molecule has 3 aliphatic carbocycles. The van der Waals surface area contributed by atoms with Crippen LogP contribution in [0.5, 0.6) is 5.75 Å². The number of aliphatic hydroxyl groups is 4. The molecule has 0 saturated carbocycles. The lowest BCUT2D eigenvalue weighted by molar-refractivity contribution is -0.154. The van der Waals surface area contributed by atoms with Crippen LogP contribution < -0.4 is 5.73 Å². The van der Waals surface area contributed by atoms with Gasteiger partial charge in [-0.15, -0.1) is 0 Å². The Morgan fingerprint density at radius 2 is 1.87 bits per heavy atom. The number of aliphatic hydroxyl groups excluding tert-OH is 3. The number of rotatable bonds is 1. The number of ketones is 2. The Kier molecular flexibility index (Phi) is 4.39. The lowest BCUT2D eigenvalue weighted by atomic mass is 9.56. The SMILES string of the molecule is CC1c2c(Br)ccc(O)c2C(=O)C2=C(O)[C@]3(O)C(=O)C(C(N)=O)=C(O)CC3C(O)C21. The Labute approximate surface area is 178 Å². The number of Topliss-reactive ketones (excluding diaryl/α,β-unsaturated/α-hetero) is 2. The molecule has 9 nitrogen and oxygen atoms in total. The molecular formula is C20H18BrNO8. The maximum Gasteiger partial charge on any atom is 0.255 e. The molecule has 4 rings (SSSR count). The summed E-state index contributed by atoms with van der Waals surface area (Å²) in [6.45, 7) is 1.66. The van der Waals surface area contributed by atoms with Crippen LogP contribution in [0.3, 0.4) is 0 Å². The second-order valence-electron chi connectivity index (χ2n) is 7.84. The van der Waals surface area contributed by atoms with Gasteiger partial charge in [0.1, 0.15) is 22.8 Å². The average Bonchev–Trinajstić information content (AvgIpc) is 2.66. The number of nitrogens with two attached hydrogens (primary N) is 1. The molecule has 158 valence electrons. The van der Waals surface area contributed by atoms with Crippen molar-refractivity contribution < 1.29 is 39.9 Å². The van der Waals surface area contributed by atoms with Crippen molar-refractivity contribution in [2.75, 3.05) is 0 Å². The fourth-order valence-corrected chi connectivity index (χ4v) is 5.71. The predicted octanol–water partition coefficient (Wildman–Crippen LogP) is 0.875. The van der Waals surface area contributed by atoms with E-state index in [0.29, 0.717) is 10.0 Å². The van der Waals surface area contributed by atoms with Crippen LogP contribution in [0.2, 0.25) is 0 Å². The Balaban J connectivity index is 2.02. The number of aromatic hydroxyl groups is 1. The van der Waals surface area contributed by atoms with Crippen molar-refractivity contribution in [2.45, 2.75) is 31.0 Å². The highest BCUT2D eigenvalue weighted by atomic mass is 79.9. The number of hydrogen-bond acceptors (Lipinski definition) is 8. The molecule has 1 amide bonds. The normalized spacial score (nSPS) is 33.2. The average molecular weight is 480 g/mol. The Morgan fingerprint density at radius 3 is 2.47 bits per heavy atom. The Morgan fingerprint density at radius 1 is 1.23 bits per heavy atom. The second kappa shape index (κ2) is 6.40. The lowest BCUT2D eigenvalue weighted by Gasteiger charge is -2.50. The third-order valence-electron chi connectivity index (χ3n) is 6.42. The van der Waals surface area contributed by atoms with Gasteiger partial charge in [-0.2, -0.15) is 0 Å². The first-order valence-electron chi connectivity index (χ1n) is 9.11. The molecule has 0 spiro atoms. The summed E-state index contributed by atoms with van der Waals surface area (Å²) in [4.78, 5) is 37.8. The molecule has 5 atom stereocenters. The Bertz CT molecular complexity index is 1110. The van der Waals surface area contributed by atoms with E-state index in [1.165, 1.54) is 12.1 Å². The third-order valence-corrected chi connectivity index (χ3v) is 7.12. The van der Waals surface area contributed by atoms with Gasteiger partial charge in [0.15, 0.2) is 11.4 Å². The van der Waals surface area contributed by atoms with Crippen molar-refractivity contribution in [3.63, 3.8) is 0 Å². The van der Waals surface area contributed by atoms with E-state index in [4.69, 9.17) is 5.73 Å². The first-order chi connectivity index (χ1) is 13.9. The fourth-order valence-electron chi connectivity index (χ4n) is 5.02. The number of primary amides is 1. The first-order valence-corrected chi connectivity index (χ1v) is 9.90. The lowest BCUT2D eigenvalue weighted by Crippen LogP contribution is -2.62. The smallest absolute Gasteiger partial charge is 0.255 e. The minimum atomic E-state index is -2.82. The van der Waals surface area contributed by atoms with Gasteiger partial charge >= 0.3 is 0 Å². The predicted molar refractivity (Wildman–Crippen MR) is 105 cm³/mol. The van der Waals surface area contributed by atoms with E-state index < -0.39 is 76.0 Å². The molecule has 7 N–H and O–H groups in total. The quantitative estimate of drug-likeness (QED) is 0.321. The minimum Gasteiger partial charge on any atom is -0.511 e. The van der Waals surface area contributed by atoms with Gasteiger partial charge in [-0.1, -0.05) is 22.9 Å². The zero-order chi connectivity index (χ0) is 22.3. The van der Waals surface area contributed by atoms with E-state index >= 15 is 0 Å². The van der Waals surface area contributed by atoms with Crippen LogP contribution in [-0.2, 0) is 9.59 Å². The maximum atomic E-state index is 13.2. The number of phenolic OH excluding ortho intramolecular Hbond substituents is 1. The summed E-state index contributed by atoms with van der Waals surface area (Å²) in [7, 11) is 0. The molecule has 0 saturated heterocycles. The van der Waals surface area contributed by atoms with Gasteiger partial charge < -0.3 is 31.3 Å². The molecule has 1 aromatic rings. The number of hydrogen-bond donors (Lipinski definition) is 6. The molecule has 10 heteroatoms. The van der Waals surface area contributed by atoms with Crippen molar-refractivity contribution in [2.24, 2.45) is 17.6 Å².